The molecule has 0 radical (unpaired) electrons. The number of hydrogen-bond donors (Lipinski definition) is 2. The van der Waals surface area contributed by atoms with E-state index in [0.29, 0.717) is 5.82 Å². The van der Waals surface area contributed by atoms with Crippen molar-refractivity contribution in [3.05, 3.63) is 41.7 Å². The topological polar surface area (TPSA) is 190 Å². The molecular formula is C23H30N6O9. The van der Waals surface area contributed by atoms with Gasteiger partial charge >= 0.3 is 24.0 Å². The van der Waals surface area contributed by atoms with Crippen molar-refractivity contribution >= 4 is 29.9 Å². The summed E-state index contributed by atoms with van der Waals surface area (Å²) in [6.45, 7) is -0.228. The lowest BCUT2D eigenvalue weighted by Gasteiger charge is -2.18. The van der Waals surface area contributed by atoms with E-state index in [1.165, 1.54) is 18.9 Å². The Morgan fingerprint density at radius 2 is 1.55 bits per heavy atom. The highest BCUT2D eigenvalue weighted by atomic mass is 16.6. The van der Waals surface area contributed by atoms with Crippen LogP contribution in [0.3, 0.4) is 0 Å². The van der Waals surface area contributed by atoms with Crippen LogP contribution in [-0.4, -0.2) is 83.5 Å². The second-order valence-electron chi connectivity index (χ2n) is 7.83. The van der Waals surface area contributed by atoms with Crippen molar-refractivity contribution in [1.29, 1.82) is 0 Å². The Labute approximate surface area is 218 Å². The summed E-state index contributed by atoms with van der Waals surface area (Å²) in [6, 6.07) is 6.72. The van der Waals surface area contributed by atoms with Gasteiger partial charge in [-0.05, 0) is 28.8 Å². The fourth-order valence-corrected chi connectivity index (χ4v) is 3.22. The zero-order chi connectivity index (χ0) is 27.9. The molecule has 15 nitrogen and oxygen atoms in total. The SMILES string of the molecule is COC(=O)Cn1nnnc1CC[C@H](NC(=O)CC[C@H](NC(=O)OCc1ccccc1)C(=O)OC)C(=O)OC. The minimum Gasteiger partial charge on any atom is -0.468 e. The summed E-state index contributed by atoms with van der Waals surface area (Å²) in [7, 11) is 3.54. The van der Waals surface area contributed by atoms with E-state index in [1.54, 1.807) is 24.3 Å². The van der Waals surface area contributed by atoms with Gasteiger partial charge in [-0.15, -0.1) is 5.10 Å². The van der Waals surface area contributed by atoms with Crippen molar-refractivity contribution in [3.63, 3.8) is 0 Å². The Hall–Kier alpha value is -4.56. The average Bonchev–Trinajstić information content (AvgIpc) is 3.38. The summed E-state index contributed by atoms with van der Waals surface area (Å²) >= 11 is 0. The Bertz CT molecular complexity index is 1090. The van der Waals surface area contributed by atoms with Crippen molar-refractivity contribution in [1.82, 2.24) is 30.8 Å². The fraction of sp³-hybridized carbons (Fsp3) is 0.478. The van der Waals surface area contributed by atoms with Gasteiger partial charge in [-0.2, -0.15) is 0 Å². The molecule has 2 rings (SSSR count). The minimum atomic E-state index is -1.16. The van der Waals surface area contributed by atoms with Crippen molar-refractivity contribution in [2.75, 3.05) is 21.3 Å². The fourth-order valence-electron chi connectivity index (χ4n) is 3.22. The van der Waals surface area contributed by atoms with Crippen LogP contribution < -0.4 is 10.6 Å². The number of ether oxygens (including phenoxy) is 4. The van der Waals surface area contributed by atoms with Crippen LogP contribution in [0.4, 0.5) is 4.79 Å². The van der Waals surface area contributed by atoms with Crippen molar-refractivity contribution in [2.24, 2.45) is 0 Å². The van der Waals surface area contributed by atoms with Crippen molar-refractivity contribution < 1.29 is 42.9 Å². The van der Waals surface area contributed by atoms with Crippen LogP contribution >= 0.6 is 0 Å². The largest absolute Gasteiger partial charge is 0.468 e. The minimum absolute atomic E-state index is 0.00916. The lowest BCUT2D eigenvalue weighted by Crippen LogP contribution is -2.44. The van der Waals surface area contributed by atoms with Crippen molar-refractivity contribution in [3.8, 4) is 0 Å². The highest BCUT2D eigenvalue weighted by molar-refractivity contribution is 5.85. The summed E-state index contributed by atoms with van der Waals surface area (Å²) < 4.78 is 20.4. The maximum atomic E-state index is 12.6. The first kappa shape index (κ1) is 29.7. The van der Waals surface area contributed by atoms with Gasteiger partial charge in [-0.25, -0.2) is 19.1 Å². The maximum absolute atomic E-state index is 12.6. The Balaban J connectivity index is 1.91. The number of aryl methyl sites for hydroxylation is 1. The lowest BCUT2D eigenvalue weighted by molar-refractivity contribution is -0.146. The van der Waals surface area contributed by atoms with Crippen LogP contribution in [0.1, 0.15) is 30.7 Å². The third-order valence-corrected chi connectivity index (χ3v) is 5.24. The average molecular weight is 535 g/mol. The molecule has 1 aromatic carbocycles. The number of alkyl carbamates (subject to hydrolysis) is 1. The highest BCUT2D eigenvalue weighted by Gasteiger charge is 2.26. The number of rotatable bonds is 14. The van der Waals surface area contributed by atoms with Crippen LogP contribution in [0, 0.1) is 0 Å². The van der Waals surface area contributed by atoms with E-state index in [1.807, 2.05) is 6.07 Å². The van der Waals surface area contributed by atoms with E-state index in [-0.39, 0.29) is 38.8 Å². The molecule has 1 aromatic heterocycles. The predicted molar refractivity (Wildman–Crippen MR) is 127 cm³/mol. The van der Waals surface area contributed by atoms with E-state index in [0.717, 1.165) is 12.7 Å². The third kappa shape index (κ3) is 9.83. The van der Waals surface area contributed by atoms with Gasteiger partial charge in [0.1, 0.15) is 25.2 Å². The molecule has 2 aromatic rings. The Morgan fingerprint density at radius 3 is 2.18 bits per heavy atom. The molecule has 0 saturated heterocycles. The monoisotopic (exact) mass is 534 g/mol. The van der Waals surface area contributed by atoms with E-state index in [9.17, 15) is 24.0 Å². The quantitative estimate of drug-likeness (QED) is 0.238. The molecule has 2 amide bonds. The molecule has 0 fully saturated rings. The summed E-state index contributed by atoms with van der Waals surface area (Å²) in [4.78, 5) is 60.6. The van der Waals surface area contributed by atoms with Gasteiger partial charge in [0.15, 0.2) is 5.82 Å². The summed E-state index contributed by atoms with van der Waals surface area (Å²) in [5, 5.41) is 15.9. The molecule has 2 N–H and O–H groups in total. The van der Waals surface area contributed by atoms with Crippen LogP contribution in [0.15, 0.2) is 30.3 Å². The van der Waals surface area contributed by atoms with E-state index < -0.39 is 42.0 Å². The molecule has 0 saturated carbocycles. The molecule has 0 unspecified atom stereocenters. The second kappa shape index (κ2) is 15.5. The van der Waals surface area contributed by atoms with Gasteiger partial charge in [0.25, 0.3) is 0 Å². The van der Waals surface area contributed by atoms with Gasteiger partial charge < -0.3 is 29.6 Å². The number of hydrogen-bond acceptors (Lipinski definition) is 12. The molecule has 2 atom stereocenters. The maximum Gasteiger partial charge on any atom is 0.408 e. The number of carbonyl (C=O) groups is 5. The first-order chi connectivity index (χ1) is 18.3. The molecular weight excluding hydrogens is 504 g/mol. The number of tetrazole rings is 1. The molecule has 38 heavy (non-hydrogen) atoms. The molecule has 0 aliphatic heterocycles. The first-order valence-electron chi connectivity index (χ1n) is 11.5. The van der Waals surface area contributed by atoms with Crippen LogP contribution in [0.5, 0.6) is 0 Å². The third-order valence-electron chi connectivity index (χ3n) is 5.24. The lowest BCUT2D eigenvalue weighted by atomic mass is 10.1. The second-order valence-corrected chi connectivity index (χ2v) is 7.83. The van der Waals surface area contributed by atoms with Gasteiger partial charge in [-0.1, -0.05) is 30.3 Å². The molecule has 0 bridgehead atoms. The molecule has 0 aliphatic carbocycles. The van der Waals surface area contributed by atoms with Crippen LogP contribution in [-0.2, 0) is 57.7 Å². The van der Waals surface area contributed by atoms with E-state index >= 15 is 0 Å². The van der Waals surface area contributed by atoms with E-state index in [2.05, 4.69) is 30.9 Å². The molecule has 0 spiro atoms. The number of amides is 2. The smallest absolute Gasteiger partial charge is 0.408 e. The zero-order valence-corrected chi connectivity index (χ0v) is 21.2. The molecule has 206 valence electrons. The zero-order valence-electron chi connectivity index (χ0n) is 21.2. The number of nitrogens with one attached hydrogen (secondary N) is 2. The number of carbonyl (C=O) groups excluding carboxylic acids is 5. The van der Waals surface area contributed by atoms with Crippen LogP contribution in [0.2, 0.25) is 0 Å². The van der Waals surface area contributed by atoms with Crippen LogP contribution in [0.25, 0.3) is 0 Å². The van der Waals surface area contributed by atoms with E-state index in [4.69, 9.17) is 14.2 Å². The van der Waals surface area contributed by atoms with Gasteiger partial charge in [0, 0.05) is 12.8 Å². The predicted octanol–water partition coefficient (Wildman–Crippen LogP) is -0.315. The van der Waals surface area contributed by atoms with Gasteiger partial charge in [0.2, 0.25) is 5.91 Å². The molecule has 1 heterocycles. The number of nitrogens with zero attached hydrogens (tertiary/aromatic N) is 4. The molecule has 0 aliphatic rings. The standard InChI is InChI=1S/C23H30N6O9/c1-35-20(31)13-29-18(26-27-28-29)11-9-16(21(32)36-2)24-19(30)12-10-17(22(33)37-3)25-23(34)38-14-15-7-5-4-6-8-15/h4-8,16-17H,9-14H2,1-3H3,(H,24,30)(H,25,34)/t16-,17-/m0/s1. The Morgan fingerprint density at radius 1 is 0.895 bits per heavy atom. The summed E-state index contributed by atoms with van der Waals surface area (Å²) in [5.74, 6) is -2.33. The summed E-state index contributed by atoms with van der Waals surface area (Å²) in [5.41, 5.74) is 0.754. The number of aromatic nitrogens is 4. The van der Waals surface area contributed by atoms with Gasteiger partial charge in [-0.3, -0.25) is 9.59 Å². The van der Waals surface area contributed by atoms with Crippen molar-refractivity contribution in [2.45, 2.75) is 50.9 Å². The van der Waals surface area contributed by atoms with Gasteiger partial charge in [0.05, 0.1) is 21.3 Å². The first-order valence-corrected chi connectivity index (χ1v) is 11.5. The Kier molecular flexibility index (Phi) is 12.1. The number of benzene rings is 1. The normalized spacial score (nSPS) is 12.0. The molecule has 15 heteroatoms. The number of methoxy groups -OCH3 is 3. The number of esters is 3. The summed E-state index contributed by atoms with van der Waals surface area (Å²) in [6.07, 6.45) is -1.02. The highest BCUT2D eigenvalue weighted by Crippen LogP contribution is 2.07.